The van der Waals surface area contributed by atoms with Gasteiger partial charge in [0.25, 0.3) is 0 Å². The Morgan fingerprint density at radius 2 is 2.04 bits per heavy atom. The van der Waals surface area contributed by atoms with Crippen LogP contribution in [-0.4, -0.2) is 36.0 Å². The number of ketones is 1. The van der Waals surface area contributed by atoms with Crippen molar-refractivity contribution in [3.05, 3.63) is 23.8 Å². The van der Waals surface area contributed by atoms with Gasteiger partial charge in [0.05, 0.1) is 13.2 Å². The van der Waals surface area contributed by atoms with Crippen molar-refractivity contribution in [3.63, 3.8) is 0 Å². The predicted octanol–water partition coefficient (Wildman–Crippen LogP) is 2.92. The molecule has 0 aromatic carbocycles. The van der Waals surface area contributed by atoms with Crippen LogP contribution in [0.15, 0.2) is 23.8 Å². The lowest BCUT2D eigenvalue weighted by molar-refractivity contribution is -0.180. The average Bonchev–Trinajstić information content (AvgIpc) is 2.88. The number of rotatable bonds is 0. The molecule has 5 atom stereocenters. The van der Waals surface area contributed by atoms with Crippen LogP contribution in [0.2, 0.25) is 0 Å². The maximum atomic E-state index is 12.4. The molecular weight excluding hydrogens is 304 g/mol. The Bertz CT molecular complexity index is 702. The van der Waals surface area contributed by atoms with Crippen LogP contribution in [0.4, 0.5) is 0 Å². The van der Waals surface area contributed by atoms with Gasteiger partial charge in [-0.2, -0.15) is 0 Å². The lowest BCUT2D eigenvalue weighted by Gasteiger charge is -2.46. The van der Waals surface area contributed by atoms with Crippen LogP contribution in [0.25, 0.3) is 0 Å². The molecular formula is C20H24O4. The first-order chi connectivity index (χ1) is 11.5. The van der Waals surface area contributed by atoms with E-state index in [1.807, 2.05) is 0 Å². The summed E-state index contributed by atoms with van der Waals surface area (Å²) < 4.78 is 18.4. The zero-order valence-corrected chi connectivity index (χ0v) is 14.2. The van der Waals surface area contributed by atoms with E-state index in [1.165, 1.54) is 5.57 Å². The Hall–Kier alpha value is -0.970. The molecule has 0 amide bonds. The fraction of sp³-hybridized carbons (Fsp3) is 0.750. The van der Waals surface area contributed by atoms with Gasteiger partial charge in [-0.25, -0.2) is 0 Å². The number of hydrogen-bond acceptors (Lipinski definition) is 4. The minimum Gasteiger partial charge on any atom is -0.353 e. The van der Waals surface area contributed by atoms with Crippen LogP contribution in [0.5, 0.6) is 0 Å². The molecule has 2 heterocycles. The van der Waals surface area contributed by atoms with E-state index in [-0.39, 0.29) is 16.6 Å². The van der Waals surface area contributed by atoms with Crippen LogP contribution < -0.4 is 0 Å². The fourth-order valence-electron chi connectivity index (χ4n) is 6.54. The summed E-state index contributed by atoms with van der Waals surface area (Å²) in [7, 11) is 0. The van der Waals surface area contributed by atoms with E-state index in [1.54, 1.807) is 0 Å². The second-order valence-electron chi connectivity index (χ2n) is 8.84. The van der Waals surface area contributed by atoms with Gasteiger partial charge in [-0.15, -0.1) is 0 Å². The minimum atomic E-state index is -0.426. The number of Topliss-reactive ketones (excluding diaryl/α,β-unsaturated/α-hetero) is 1. The molecule has 6 rings (SSSR count). The number of ether oxygens (including phenoxy) is 3. The number of allylic oxidation sites excluding steroid dienone is 2. The molecule has 2 saturated carbocycles. The van der Waals surface area contributed by atoms with Gasteiger partial charge in [-0.05, 0) is 30.8 Å². The topological polar surface area (TPSA) is 48.1 Å². The largest absolute Gasteiger partial charge is 0.353 e. The molecule has 0 N–H and O–H groups in total. The highest BCUT2D eigenvalue weighted by molar-refractivity contribution is 5.87. The van der Waals surface area contributed by atoms with Gasteiger partial charge in [0, 0.05) is 30.6 Å². The van der Waals surface area contributed by atoms with E-state index in [4.69, 9.17) is 14.2 Å². The lowest BCUT2D eigenvalue weighted by atomic mass is 9.57. The van der Waals surface area contributed by atoms with Crippen molar-refractivity contribution < 1.29 is 19.0 Å². The van der Waals surface area contributed by atoms with Crippen LogP contribution in [0, 0.1) is 17.3 Å². The molecule has 2 unspecified atom stereocenters. The molecule has 4 nitrogen and oxygen atoms in total. The standard InChI is InChI=1S/C20H24O4/c1-17-6-5-15-13(14(17)2-3-16(17)21)4-7-18-12-19(22-10-11-23-19)8-9-20(15,18)24-18/h4-5,7,13-14H,2-3,6,8-12H2,1H3/t13?,14?,17-,18+,20+/m0/s1. The van der Waals surface area contributed by atoms with Gasteiger partial charge in [0.1, 0.15) is 17.0 Å². The molecule has 1 spiro atoms. The molecule has 4 heteroatoms. The first kappa shape index (κ1) is 14.2. The van der Waals surface area contributed by atoms with Crippen LogP contribution in [0.1, 0.15) is 45.4 Å². The highest BCUT2D eigenvalue weighted by Gasteiger charge is 2.78. The third kappa shape index (κ3) is 1.42. The normalized spacial score (nSPS) is 53.2. The number of hydrogen-bond donors (Lipinski definition) is 0. The quantitative estimate of drug-likeness (QED) is 0.507. The highest BCUT2D eigenvalue weighted by atomic mass is 16.7. The Morgan fingerprint density at radius 1 is 1.21 bits per heavy atom. The number of fused-ring (bicyclic) bond motifs is 3. The van der Waals surface area contributed by atoms with E-state index >= 15 is 0 Å². The number of carbonyl (C=O) groups is 1. The SMILES string of the molecule is C[C@]12CC=C3C(C=C[C@@]45CC6(CC[C@@]34O5)OCCO6)C1CCC2=O. The van der Waals surface area contributed by atoms with Crippen LogP contribution >= 0.6 is 0 Å². The third-order valence-corrected chi connectivity index (χ3v) is 7.92. The monoisotopic (exact) mass is 328 g/mol. The molecule has 4 fully saturated rings. The van der Waals surface area contributed by atoms with Crippen LogP contribution in [-0.2, 0) is 19.0 Å². The van der Waals surface area contributed by atoms with E-state index < -0.39 is 5.79 Å². The summed E-state index contributed by atoms with van der Waals surface area (Å²) in [6.45, 7) is 3.57. The van der Waals surface area contributed by atoms with Gasteiger partial charge in [-0.3, -0.25) is 4.79 Å². The van der Waals surface area contributed by atoms with Gasteiger partial charge >= 0.3 is 0 Å². The maximum absolute atomic E-state index is 12.4. The zero-order chi connectivity index (χ0) is 16.2. The summed E-state index contributed by atoms with van der Waals surface area (Å²) in [5, 5.41) is 0. The summed E-state index contributed by atoms with van der Waals surface area (Å²) in [5.41, 5.74) is 0.932. The van der Waals surface area contributed by atoms with Gasteiger partial charge in [0.15, 0.2) is 5.79 Å². The van der Waals surface area contributed by atoms with E-state index in [2.05, 4.69) is 25.2 Å². The van der Waals surface area contributed by atoms with Crippen molar-refractivity contribution in [2.75, 3.05) is 13.2 Å². The summed E-state index contributed by atoms with van der Waals surface area (Å²) in [6, 6.07) is 0. The molecule has 0 aromatic rings. The second kappa shape index (κ2) is 4.05. The Balaban J connectivity index is 1.40. The first-order valence-electron chi connectivity index (χ1n) is 9.44. The van der Waals surface area contributed by atoms with Crippen molar-refractivity contribution in [3.8, 4) is 0 Å². The molecule has 6 aliphatic rings. The van der Waals surface area contributed by atoms with Gasteiger partial charge in [0.2, 0.25) is 0 Å². The number of epoxide rings is 1. The molecule has 0 radical (unpaired) electrons. The fourth-order valence-corrected chi connectivity index (χ4v) is 6.54. The van der Waals surface area contributed by atoms with E-state index in [0.29, 0.717) is 30.8 Å². The molecule has 2 aliphatic heterocycles. The van der Waals surface area contributed by atoms with Gasteiger partial charge in [-0.1, -0.05) is 25.2 Å². The summed E-state index contributed by atoms with van der Waals surface area (Å²) in [6.07, 6.45) is 12.3. The smallest absolute Gasteiger partial charge is 0.171 e. The molecule has 0 aromatic heterocycles. The van der Waals surface area contributed by atoms with Crippen molar-refractivity contribution >= 4 is 5.78 Å². The maximum Gasteiger partial charge on any atom is 0.171 e. The summed E-state index contributed by atoms with van der Waals surface area (Å²) >= 11 is 0. The van der Waals surface area contributed by atoms with E-state index in [0.717, 1.165) is 38.5 Å². The van der Waals surface area contributed by atoms with Crippen molar-refractivity contribution in [2.45, 2.75) is 62.4 Å². The predicted molar refractivity (Wildman–Crippen MR) is 86.2 cm³/mol. The average molecular weight is 328 g/mol. The van der Waals surface area contributed by atoms with Gasteiger partial charge < -0.3 is 14.2 Å². The second-order valence-corrected chi connectivity index (χ2v) is 8.84. The summed E-state index contributed by atoms with van der Waals surface area (Å²) in [4.78, 5) is 12.4. The van der Waals surface area contributed by atoms with E-state index in [9.17, 15) is 4.79 Å². The van der Waals surface area contributed by atoms with Crippen molar-refractivity contribution in [1.82, 2.24) is 0 Å². The highest BCUT2D eigenvalue weighted by Crippen LogP contribution is 2.71. The minimum absolute atomic E-state index is 0.139. The Kier molecular flexibility index (Phi) is 2.40. The third-order valence-electron chi connectivity index (χ3n) is 7.92. The zero-order valence-electron chi connectivity index (χ0n) is 14.2. The summed E-state index contributed by atoms with van der Waals surface area (Å²) in [5.74, 6) is 0.861. The Morgan fingerprint density at radius 3 is 2.88 bits per heavy atom. The van der Waals surface area contributed by atoms with Crippen molar-refractivity contribution in [2.24, 2.45) is 17.3 Å². The molecule has 24 heavy (non-hydrogen) atoms. The first-order valence-corrected chi connectivity index (χ1v) is 9.44. The molecule has 128 valence electrons. The Labute approximate surface area is 142 Å². The molecule has 0 bridgehead atoms. The van der Waals surface area contributed by atoms with Crippen molar-refractivity contribution in [1.29, 1.82) is 0 Å². The number of carbonyl (C=O) groups excluding carboxylic acids is 1. The molecule has 2 saturated heterocycles. The van der Waals surface area contributed by atoms with Crippen LogP contribution in [0.3, 0.4) is 0 Å². The molecule has 4 aliphatic carbocycles. The lowest BCUT2D eigenvalue weighted by Crippen LogP contribution is -2.50.